The molecule has 0 aromatic heterocycles. The number of urea groups is 1. The molecule has 7 heteroatoms. The highest BCUT2D eigenvalue weighted by atomic mass is 16.5. The van der Waals surface area contributed by atoms with Gasteiger partial charge in [-0.3, -0.25) is 4.79 Å². The van der Waals surface area contributed by atoms with Crippen molar-refractivity contribution in [2.45, 2.75) is 18.9 Å². The SMILES string of the molecule is COc1ccc(OC)c(/C=C/C(=O)Nc2ccc(NC(=O)NC3CC3)cc2)c1. The highest BCUT2D eigenvalue weighted by Crippen LogP contribution is 2.25. The molecule has 0 aliphatic heterocycles. The molecule has 1 aliphatic carbocycles. The third-order valence-corrected chi connectivity index (χ3v) is 4.17. The topological polar surface area (TPSA) is 88.7 Å². The number of nitrogens with one attached hydrogen (secondary N) is 3. The number of rotatable bonds is 7. The summed E-state index contributed by atoms with van der Waals surface area (Å²) in [6.45, 7) is 0. The largest absolute Gasteiger partial charge is 0.497 e. The van der Waals surface area contributed by atoms with Crippen molar-refractivity contribution in [1.82, 2.24) is 5.32 Å². The fraction of sp³-hybridized carbons (Fsp3) is 0.238. The second-order valence-corrected chi connectivity index (χ2v) is 6.38. The highest BCUT2D eigenvalue weighted by molar-refractivity contribution is 6.02. The lowest BCUT2D eigenvalue weighted by molar-refractivity contribution is -0.111. The van der Waals surface area contributed by atoms with Crippen LogP contribution in [0, 0.1) is 0 Å². The molecule has 3 N–H and O–H groups in total. The number of hydrogen-bond donors (Lipinski definition) is 3. The van der Waals surface area contributed by atoms with Crippen LogP contribution in [0.3, 0.4) is 0 Å². The molecule has 0 saturated heterocycles. The number of carbonyl (C=O) groups excluding carboxylic acids is 2. The maximum Gasteiger partial charge on any atom is 0.319 e. The van der Waals surface area contributed by atoms with Gasteiger partial charge in [-0.2, -0.15) is 0 Å². The number of hydrogen-bond acceptors (Lipinski definition) is 4. The Labute approximate surface area is 163 Å². The minimum absolute atomic E-state index is 0.213. The first kappa shape index (κ1) is 19.3. The van der Waals surface area contributed by atoms with Crippen LogP contribution in [-0.4, -0.2) is 32.2 Å². The summed E-state index contributed by atoms with van der Waals surface area (Å²) >= 11 is 0. The number of ether oxygens (including phenoxy) is 2. The van der Waals surface area contributed by atoms with Gasteiger partial charge in [-0.05, 0) is 61.4 Å². The lowest BCUT2D eigenvalue weighted by Crippen LogP contribution is -2.30. The summed E-state index contributed by atoms with van der Waals surface area (Å²) in [4.78, 5) is 23.9. The van der Waals surface area contributed by atoms with Gasteiger partial charge in [0.15, 0.2) is 0 Å². The van der Waals surface area contributed by atoms with Gasteiger partial charge >= 0.3 is 6.03 Å². The van der Waals surface area contributed by atoms with Crippen LogP contribution in [-0.2, 0) is 4.79 Å². The number of benzene rings is 2. The van der Waals surface area contributed by atoms with Crippen molar-refractivity contribution >= 4 is 29.4 Å². The predicted molar refractivity (Wildman–Crippen MR) is 109 cm³/mol. The van der Waals surface area contributed by atoms with Crippen LogP contribution in [0.2, 0.25) is 0 Å². The molecule has 2 aromatic carbocycles. The summed E-state index contributed by atoms with van der Waals surface area (Å²) in [7, 11) is 3.15. The van der Waals surface area contributed by atoms with Gasteiger partial charge in [0, 0.05) is 29.1 Å². The first-order valence-corrected chi connectivity index (χ1v) is 8.96. The van der Waals surface area contributed by atoms with Crippen LogP contribution >= 0.6 is 0 Å². The summed E-state index contributed by atoms with van der Waals surface area (Å²) < 4.78 is 10.5. The Kier molecular flexibility index (Phi) is 6.16. The zero-order valence-electron chi connectivity index (χ0n) is 15.8. The standard InChI is InChI=1S/C21H23N3O4/c1-27-18-10-11-19(28-2)14(13-18)3-12-20(25)22-15-4-6-16(7-5-15)23-21(26)24-17-8-9-17/h3-7,10-13,17H,8-9H2,1-2H3,(H,22,25)(H2,23,24,26)/b12-3+. The zero-order valence-corrected chi connectivity index (χ0v) is 15.8. The molecule has 0 heterocycles. The Morgan fingerprint density at radius 3 is 2.25 bits per heavy atom. The summed E-state index contributed by atoms with van der Waals surface area (Å²) in [5.74, 6) is 1.04. The van der Waals surface area contributed by atoms with E-state index in [1.807, 2.05) is 0 Å². The summed E-state index contributed by atoms with van der Waals surface area (Å²) in [5.41, 5.74) is 2.02. The molecule has 0 bridgehead atoms. The van der Waals surface area contributed by atoms with Crippen LogP contribution in [0.25, 0.3) is 6.08 Å². The van der Waals surface area contributed by atoms with Gasteiger partial charge in [-0.15, -0.1) is 0 Å². The molecule has 2 aromatic rings. The van der Waals surface area contributed by atoms with E-state index in [2.05, 4.69) is 16.0 Å². The minimum atomic E-state index is -0.281. The summed E-state index contributed by atoms with van der Waals surface area (Å²) in [5, 5.41) is 8.39. The molecule has 0 atom stereocenters. The van der Waals surface area contributed by atoms with E-state index < -0.39 is 0 Å². The normalized spacial score (nSPS) is 13.1. The van der Waals surface area contributed by atoms with Crippen molar-refractivity contribution in [3.63, 3.8) is 0 Å². The van der Waals surface area contributed by atoms with Crippen molar-refractivity contribution in [3.05, 3.63) is 54.1 Å². The van der Waals surface area contributed by atoms with E-state index >= 15 is 0 Å². The van der Waals surface area contributed by atoms with Gasteiger partial charge in [-0.1, -0.05) is 0 Å². The van der Waals surface area contributed by atoms with Crippen molar-refractivity contribution in [2.24, 2.45) is 0 Å². The predicted octanol–water partition coefficient (Wildman–Crippen LogP) is 3.64. The van der Waals surface area contributed by atoms with Crippen LogP contribution in [0.1, 0.15) is 18.4 Å². The third-order valence-electron chi connectivity index (χ3n) is 4.17. The average Bonchev–Trinajstić information content (AvgIpc) is 3.51. The number of anilines is 2. The van der Waals surface area contributed by atoms with Gasteiger partial charge < -0.3 is 25.4 Å². The fourth-order valence-electron chi connectivity index (χ4n) is 2.54. The maximum absolute atomic E-state index is 12.2. The molecule has 1 aliphatic rings. The lowest BCUT2D eigenvalue weighted by Gasteiger charge is -2.08. The third kappa shape index (κ3) is 5.51. The summed E-state index contributed by atoms with van der Waals surface area (Å²) in [6, 6.07) is 12.4. The van der Waals surface area contributed by atoms with E-state index in [4.69, 9.17) is 9.47 Å². The fourth-order valence-corrected chi connectivity index (χ4v) is 2.54. The monoisotopic (exact) mass is 381 g/mol. The molecule has 1 fully saturated rings. The van der Waals surface area contributed by atoms with Gasteiger partial charge in [0.25, 0.3) is 0 Å². The second kappa shape index (κ2) is 8.94. The van der Waals surface area contributed by atoms with Crippen LogP contribution < -0.4 is 25.4 Å². The smallest absolute Gasteiger partial charge is 0.319 e. The van der Waals surface area contributed by atoms with Gasteiger partial charge in [0.05, 0.1) is 14.2 Å². The molecule has 7 nitrogen and oxygen atoms in total. The molecule has 146 valence electrons. The molecule has 28 heavy (non-hydrogen) atoms. The Bertz CT molecular complexity index is 874. The van der Waals surface area contributed by atoms with E-state index in [-0.39, 0.29) is 11.9 Å². The lowest BCUT2D eigenvalue weighted by atomic mass is 10.1. The average molecular weight is 381 g/mol. The van der Waals surface area contributed by atoms with Crippen molar-refractivity contribution in [2.75, 3.05) is 24.9 Å². The Balaban J connectivity index is 1.57. The molecule has 3 rings (SSSR count). The van der Waals surface area contributed by atoms with Gasteiger partial charge in [0.2, 0.25) is 5.91 Å². The van der Waals surface area contributed by atoms with Crippen molar-refractivity contribution in [1.29, 1.82) is 0 Å². The van der Waals surface area contributed by atoms with Crippen LogP contribution in [0.4, 0.5) is 16.2 Å². The maximum atomic E-state index is 12.2. The molecule has 3 amide bonds. The Hall–Kier alpha value is -3.48. The van der Waals surface area contributed by atoms with Crippen LogP contribution in [0.5, 0.6) is 11.5 Å². The molecular formula is C21H23N3O4. The zero-order chi connectivity index (χ0) is 19.9. The van der Waals surface area contributed by atoms with E-state index in [1.165, 1.54) is 6.08 Å². The van der Waals surface area contributed by atoms with Gasteiger partial charge in [0.1, 0.15) is 11.5 Å². The van der Waals surface area contributed by atoms with Crippen LogP contribution in [0.15, 0.2) is 48.5 Å². The Morgan fingerprint density at radius 2 is 1.64 bits per heavy atom. The molecule has 0 unspecified atom stereocenters. The minimum Gasteiger partial charge on any atom is -0.497 e. The number of methoxy groups -OCH3 is 2. The quantitative estimate of drug-likeness (QED) is 0.639. The van der Waals surface area contributed by atoms with E-state index in [9.17, 15) is 9.59 Å². The number of amides is 3. The van der Waals surface area contributed by atoms with E-state index in [0.29, 0.717) is 28.9 Å². The summed E-state index contributed by atoms with van der Waals surface area (Å²) in [6.07, 6.45) is 5.16. The first-order chi connectivity index (χ1) is 13.6. The molecule has 1 saturated carbocycles. The van der Waals surface area contributed by atoms with E-state index in [0.717, 1.165) is 18.4 Å². The Morgan fingerprint density at radius 1 is 0.964 bits per heavy atom. The number of carbonyl (C=O) groups is 2. The second-order valence-electron chi connectivity index (χ2n) is 6.38. The molecule has 0 radical (unpaired) electrons. The van der Waals surface area contributed by atoms with Crippen molar-refractivity contribution in [3.8, 4) is 11.5 Å². The van der Waals surface area contributed by atoms with Crippen molar-refractivity contribution < 1.29 is 19.1 Å². The molecule has 0 spiro atoms. The molecular weight excluding hydrogens is 358 g/mol. The highest BCUT2D eigenvalue weighted by Gasteiger charge is 2.23. The van der Waals surface area contributed by atoms with Gasteiger partial charge in [-0.25, -0.2) is 4.79 Å². The first-order valence-electron chi connectivity index (χ1n) is 8.96. The van der Waals surface area contributed by atoms with E-state index in [1.54, 1.807) is 62.8 Å².